The van der Waals surface area contributed by atoms with Gasteiger partial charge in [0.15, 0.2) is 5.13 Å². The summed E-state index contributed by atoms with van der Waals surface area (Å²) < 4.78 is 6.38. The molecule has 0 radical (unpaired) electrons. The standard InChI is InChI=1S/C33H40N4O4S/c1-20-5-10-29(41-18-25-9-6-22(14-21(25)2)31(38)36-12-11-26(17-36)35(3)4)27(13-20)28-19-42-33(34-28)37-15-23-7-8-24(16-37)30(23)32(39)40/h5-6,9-10,13-14,19,23-24,26,30H,7-8,11-12,15-18H2,1-4H3,(H,39,40)/t23-,24+,26?,30?. The van der Waals surface area contributed by atoms with Crippen molar-refractivity contribution >= 4 is 28.3 Å². The van der Waals surface area contributed by atoms with E-state index in [1.165, 1.54) is 0 Å². The lowest BCUT2D eigenvalue weighted by molar-refractivity contribution is -0.144. The van der Waals surface area contributed by atoms with Crippen molar-refractivity contribution in [2.45, 2.75) is 45.8 Å². The number of carbonyl (C=O) groups is 2. The molecule has 2 bridgehead atoms. The number of benzene rings is 2. The van der Waals surface area contributed by atoms with E-state index in [9.17, 15) is 14.7 Å². The fraction of sp³-hybridized carbons (Fsp3) is 0.485. The van der Waals surface area contributed by atoms with Gasteiger partial charge in [-0.2, -0.15) is 0 Å². The predicted molar refractivity (Wildman–Crippen MR) is 165 cm³/mol. The molecule has 8 nitrogen and oxygen atoms in total. The Hall–Kier alpha value is -3.43. The maximum Gasteiger partial charge on any atom is 0.307 e. The SMILES string of the molecule is Cc1ccc(OCc2ccc(C(=O)N3CCC(N(C)C)C3)cc2C)c(-c2csc(N3C[C@H]4CC[C@@H](C3)C4C(=O)O)n2)c1. The number of aryl methyl sites for hydroxylation is 2. The number of likely N-dealkylation sites (N-methyl/N-ethyl adjacent to an activating group) is 1. The van der Waals surface area contributed by atoms with Crippen LogP contribution >= 0.6 is 11.3 Å². The number of ether oxygens (including phenoxy) is 1. The molecule has 1 aliphatic carbocycles. The molecular weight excluding hydrogens is 548 g/mol. The summed E-state index contributed by atoms with van der Waals surface area (Å²) in [5.41, 5.74) is 5.76. The Bertz CT molecular complexity index is 1470. The number of aromatic nitrogens is 1. The highest BCUT2D eigenvalue weighted by molar-refractivity contribution is 7.14. The highest BCUT2D eigenvalue weighted by Gasteiger charge is 2.46. The first-order valence-electron chi connectivity index (χ1n) is 14.9. The molecular formula is C33H40N4O4S. The number of piperidine rings is 1. The molecule has 3 heterocycles. The van der Waals surface area contributed by atoms with Gasteiger partial charge in [0.2, 0.25) is 0 Å². The Kier molecular flexibility index (Phi) is 7.98. The van der Waals surface area contributed by atoms with Crippen molar-refractivity contribution in [3.8, 4) is 17.0 Å². The number of hydrogen-bond donors (Lipinski definition) is 1. The summed E-state index contributed by atoms with van der Waals surface area (Å²) in [5, 5.41) is 12.7. The number of fused-ring (bicyclic) bond motifs is 2. The smallest absolute Gasteiger partial charge is 0.307 e. The highest BCUT2D eigenvalue weighted by atomic mass is 32.1. The molecule has 3 aromatic rings. The summed E-state index contributed by atoms with van der Waals surface area (Å²) in [7, 11) is 4.14. The van der Waals surface area contributed by atoms with Gasteiger partial charge >= 0.3 is 5.97 Å². The molecule has 42 heavy (non-hydrogen) atoms. The van der Waals surface area contributed by atoms with E-state index in [0.717, 1.165) is 89.8 Å². The molecule has 2 aromatic carbocycles. The van der Waals surface area contributed by atoms with E-state index in [0.29, 0.717) is 12.6 Å². The first kappa shape index (κ1) is 28.7. The van der Waals surface area contributed by atoms with Crippen molar-refractivity contribution in [2.75, 3.05) is 45.2 Å². The molecule has 1 N–H and O–H groups in total. The van der Waals surface area contributed by atoms with Crippen LogP contribution in [0.15, 0.2) is 41.8 Å². The van der Waals surface area contributed by atoms with Crippen LogP contribution in [0.3, 0.4) is 0 Å². The highest BCUT2D eigenvalue weighted by Crippen LogP contribution is 2.44. The largest absolute Gasteiger partial charge is 0.488 e. The third-order valence-electron chi connectivity index (χ3n) is 9.45. The second-order valence-corrected chi connectivity index (χ2v) is 13.3. The first-order chi connectivity index (χ1) is 20.2. The minimum absolute atomic E-state index is 0.0928. The number of amides is 1. The second-order valence-electron chi connectivity index (χ2n) is 12.5. The van der Waals surface area contributed by atoms with E-state index in [2.05, 4.69) is 42.3 Å². The number of hydrogen-bond acceptors (Lipinski definition) is 7. The fourth-order valence-electron chi connectivity index (χ4n) is 6.96. The maximum atomic E-state index is 13.1. The van der Waals surface area contributed by atoms with Crippen LogP contribution in [0.2, 0.25) is 0 Å². The summed E-state index contributed by atoms with van der Waals surface area (Å²) in [4.78, 5) is 36.3. The van der Waals surface area contributed by atoms with Gasteiger partial charge in [-0.25, -0.2) is 4.98 Å². The Labute approximate surface area is 251 Å². The minimum atomic E-state index is -0.648. The summed E-state index contributed by atoms with van der Waals surface area (Å²) >= 11 is 1.61. The zero-order chi connectivity index (χ0) is 29.5. The van der Waals surface area contributed by atoms with E-state index in [1.54, 1.807) is 11.3 Å². The van der Waals surface area contributed by atoms with Gasteiger partial charge in [0.05, 0.1) is 11.6 Å². The van der Waals surface area contributed by atoms with Crippen LogP contribution < -0.4 is 9.64 Å². The van der Waals surface area contributed by atoms with Crippen molar-refractivity contribution in [1.82, 2.24) is 14.8 Å². The lowest BCUT2D eigenvalue weighted by Crippen LogP contribution is -2.44. The molecule has 1 saturated carbocycles. The van der Waals surface area contributed by atoms with Gasteiger partial charge in [0.25, 0.3) is 5.91 Å². The monoisotopic (exact) mass is 588 g/mol. The van der Waals surface area contributed by atoms with Gasteiger partial charge in [0, 0.05) is 48.7 Å². The third-order valence-corrected chi connectivity index (χ3v) is 10.3. The number of anilines is 1. The number of thiazole rings is 1. The van der Waals surface area contributed by atoms with Crippen molar-refractivity contribution < 1.29 is 19.4 Å². The van der Waals surface area contributed by atoms with Crippen LogP contribution in [0.25, 0.3) is 11.3 Å². The fourth-order valence-corrected chi connectivity index (χ4v) is 7.81. The van der Waals surface area contributed by atoms with Gasteiger partial charge < -0.3 is 24.5 Å². The van der Waals surface area contributed by atoms with Crippen LogP contribution in [0.4, 0.5) is 5.13 Å². The van der Waals surface area contributed by atoms with Crippen molar-refractivity contribution in [3.05, 3.63) is 64.0 Å². The quantitative estimate of drug-likeness (QED) is 0.381. The zero-order valence-electron chi connectivity index (χ0n) is 24.9. The normalized spacial score (nSPS) is 23.5. The van der Waals surface area contributed by atoms with E-state index in [4.69, 9.17) is 9.72 Å². The van der Waals surface area contributed by atoms with Gasteiger partial charge in [-0.1, -0.05) is 17.7 Å². The Morgan fingerprint density at radius 2 is 1.81 bits per heavy atom. The van der Waals surface area contributed by atoms with Crippen LogP contribution in [-0.2, 0) is 11.4 Å². The van der Waals surface area contributed by atoms with Crippen molar-refractivity contribution in [3.63, 3.8) is 0 Å². The zero-order valence-corrected chi connectivity index (χ0v) is 25.7. The molecule has 3 fully saturated rings. The number of likely N-dealkylation sites (tertiary alicyclic amines) is 1. The second kappa shape index (κ2) is 11.7. The Morgan fingerprint density at radius 1 is 1.05 bits per heavy atom. The predicted octanol–water partition coefficient (Wildman–Crippen LogP) is 5.33. The number of carboxylic acid groups (broad SMARTS) is 1. The molecule has 3 aliphatic rings. The van der Waals surface area contributed by atoms with Gasteiger partial charge in [-0.3, -0.25) is 9.59 Å². The third kappa shape index (κ3) is 5.64. The molecule has 0 spiro atoms. The van der Waals surface area contributed by atoms with Crippen LogP contribution in [0.5, 0.6) is 5.75 Å². The van der Waals surface area contributed by atoms with Crippen LogP contribution in [-0.4, -0.2) is 78.1 Å². The number of aliphatic carboxylic acids is 1. The van der Waals surface area contributed by atoms with Crippen LogP contribution in [0.1, 0.15) is 46.3 Å². The molecule has 6 rings (SSSR count). The number of carbonyl (C=O) groups excluding carboxylic acids is 1. The Balaban J connectivity index is 1.14. The average Bonchev–Trinajstić information content (AvgIpc) is 3.71. The number of carboxylic acids is 1. The van der Waals surface area contributed by atoms with E-state index in [-0.39, 0.29) is 23.7 Å². The summed E-state index contributed by atoms with van der Waals surface area (Å²) in [5.74, 6) is 0.389. The van der Waals surface area contributed by atoms with E-state index < -0.39 is 5.97 Å². The molecule has 222 valence electrons. The molecule has 2 unspecified atom stereocenters. The number of rotatable bonds is 8. The minimum Gasteiger partial charge on any atom is -0.488 e. The van der Waals surface area contributed by atoms with E-state index in [1.807, 2.05) is 42.2 Å². The summed E-state index contributed by atoms with van der Waals surface area (Å²) in [6.07, 6.45) is 2.97. The molecule has 2 aliphatic heterocycles. The van der Waals surface area contributed by atoms with Crippen molar-refractivity contribution in [2.24, 2.45) is 17.8 Å². The molecule has 2 saturated heterocycles. The van der Waals surface area contributed by atoms with Gasteiger partial charge in [-0.05, 0) is 94.4 Å². The van der Waals surface area contributed by atoms with Crippen molar-refractivity contribution in [1.29, 1.82) is 0 Å². The summed E-state index contributed by atoms with van der Waals surface area (Å²) in [6.45, 7) is 7.56. The van der Waals surface area contributed by atoms with Gasteiger partial charge in [-0.15, -0.1) is 11.3 Å². The maximum absolute atomic E-state index is 13.1. The average molecular weight is 589 g/mol. The molecule has 4 atom stereocenters. The topological polar surface area (TPSA) is 86.2 Å². The molecule has 1 aromatic heterocycles. The van der Waals surface area contributed by atoms with E-state index >= 15 is 0 Å². The van der Waals surface area contributed by atoms with Gasteiger partial charge in [0.1, 0.15) is 12.4 Å². The van der Waals surface area contributed by atoms with Crippen LogP contribution in [0, 0.1) is 31.6 Å². The molecule has 9 heteroatoms. The first-order valence-corrected chi connectivity index (χ1v) is 15.8. The number of nitrogens with zero attached hydrogens (tertiary/aromatic N) is 4. The lowest BCUT2D eigenvalue weighted by atomic mass is 9.85. The lowest BCUT2D eigenvalue weighted by Gasteiger charge is -2.35. The molecule has 1 amide bonds. The Morgan fingerprint density at radius 3 is 2.48 bits per heavy atom. The summed E-state index contributed by atoms with van der Waals surface area (Å²) in [6, 6.07) is 12.5.